The fourth-order valence-corrected chi connectivity index (χ4v) is 2.14. The fourth-order valence-electron chi connectivity index (χ4n) is 2.14. The van der Waals surface area contributed by atoms with Crippen LogP contribution >= 0.6 is 0 Å². The van der Waals surface area contributed by atoms with Gasteiger partial charge in [-0.15, -0.1) is 0 Å². The van der Waals surface area contributed by atoms with Crippen molar-refractivity contribution in [2.45, 2.75) is 39.4 Å². The molecule has 3 nitrogen and oxygen atoms in total. The van der Waals surface area contributed by atoms with Crippen molar-refractivity contribution >= 4 is 0 Å². The van der Waals surface area contributed by atoms with E-state index in [0.29, 0.717) is 13.2 Å². The first-order valence-corrected chi connectivity index (χ1v) is 6.69. The maximum Gasteiger partial charge on any atom is 0.157 e. The third-order valence-corrected chi connectivity index (χ3v) is 3.11. The first kappa shape index (κ1) is 13.4. The molecule has 2 rings (SSSR count). The van der Waals surface area contributed by atoms with Gasteiger partial charge in [-0.25, -0.2) is 0 Å². The van der Waals surface area contributed by atoms with Crippen molar-refractivity contribution in [3.8, 4) is 5.75 Å². The monoisotopic (exact) mass is 250 g/mol. The second-order valence-corrected chi connectivity index (χ2v) is 4.78. The lowest BCUT2D eigenvalue weighted by atomic mass is 10.1. The van der Waals surface area contributed by atoms with E-state index in [1.54, 1.807) is 0 Å². The molecule has 3 heteroatoms. The van der Waals surface area contributed by atoms with Gasteiger partial charge in [0.1, 0.15) is 12.4 Å². The zero-order chi connectivity index (χ0) is 12.8. The lowest BCUT2D eigenvalue weighted by Crippen LogP contribution is -2.24. The van der Waals surface area contributed by atoms with Crippen molar-refractivity contribution in [1.82, 2.24) is 0 Å². The van der Waals surface area contributed by atoms with Crippen molar-refractivity contribution in [3.63, 3.8) is 0 Å². The van der Waals surface area contributed by atoms with Crippen LogP contribution in [0.2, 0.25) is 0 Å². The zero-order valence-corrected chi connectivity index (χ0v) is 11.3. The molecule has 18 heavy (non-hydrogen) atoms. The molecule has 1 aromatic carbocycles. The van der Waals surface area contributed by atoms with E-state index in [4.69, 9.17) is 14.2 Å². The Labute approximate surface area is 109 Å². The van der Waals surface area contributed by atoms with E-state index in [1.807, 2.05) is 6.07 Å². The number of aryl methyl sites for hydroxylation is 2. The van der Waals surface area contributed by atoms with Gasteiger partial charge in [-0.2, -0.15) is 0 Å². The van der Waals surface area contributed by atoms with Crippen LogP contribution in [0.25, 0.3) is 0 Å². The molecule has 1 aliphatic heterocycles. The van der Waals surface area contributed by atoms with Gasteiger partial charge in [0.05, 0.1) is 6.61 Å². The highest BCUT2D eigenvalue weighted by atomic mass is 16.7. The molecule has 0 amide bonds. The lowest BCUT2D eigenvalue weighted by Gasteiger charge is -2.22. The van der Waals surface area contributed by atoms with Crippen LogP contribution in [0.4, 0.5) is 0 Å². The van der Waals surface area contributed by atoms with Gasteiger partial charge in [-0.1, -0.05) is 17.7 Å². The van der Waals surface area contributed by atoms with E-state index >= 15 is 0 Å². The van der Waals surface area contributed by atoms with Crippen LogP contribution in [-0.2, 0) is 9.47 Å². The predicted octanol–water partition coefficient (Wildman–Crippen LogP) is 3.23. The Morgan fingerprint density at radius 2 is 2.11 bits per heavy atom. The molecule has 0 saturated carbocycles. The summed E-state index contributed by atoms with van der Waals surface area (Å²) in [5.74, 6) is 0.939. The van der Waals surface area contributed by atoms with Gasteiger partial charge in [-0.3, -0.25) is 0 Å². The van der Waals surface area contributed by atoms with Gasteiger partial charge >= 0.3 is 0 Å². The van der Waals surface area contributed by atoms with Crippen molar-refractivity contribution < 1.29 is 14.2 Å². The Morgan fingerprint density at radius 3 is 2.83 bits per heavy atom. The van der Waals surface area contributed by atoms with E-state index in [-0.39, 0.29) is 6.29 Å². The summed E-state index contributed by atoms with van der Waals surface area (Å²) < 4.78 is 16.8. The highest BCUT2D eigenvalue weighted by Crippen LogP contribution is 2.19. The number of rotatable bonds is 5. The Kier molecular flexibility index (Phi) is 5.02. The normalized spacial score (nSPS) is 19.8. The summed E-state index contributed by atoms with van der Waals surface area (Å²) in [6, 6.07) is 6.20. The van der Waals surface area contributed by atoms with E-state index in [9.17, 15) is 0 Å². The minimum Gasteiger partial charge on any atom is -0.491 e. The topological polar surface area (TPSA) is 27.7 Å². The number of benzene rings is 1. The molecule has 1 fully saturated rings. The molecule has 1 saturated heterocycles. The van der Waals surface area contributed by atoms with Crippen LogP contribution in [0.3, 0.4) is 0 Å². The fraction of sp³-hybridized carbons (Fsp3) is 0.600. The summed E-state index contributed by atoms with van der Waals surface area (Å²) in [7, 11) is 0. The van der Waals surface area contributed by atoms with Crippen LogP contribution in [0.1, 0.15) is 30.4 Å². The van der Waals surface area contributed by atoms with Crippen LogP contribution in [0.5, 0.6) is 5.75 Å². The molecular weight excluding hydrogens is 228 g/mol. The van der Waals surface area contributed by atoms with Crippen molar-refractivity contribution in [2.24, 2.45) is 0 Å². The molecule has 0 aromatic heterocycles. The van der Waals surface area contributed by atoms with Crippen LogP contribution < -0.4 is 4.74 Å². The van der Waals surface area contributed by atoms with Gasteiger partial charge in [0.2, 0.25) is 0 Å². The Morgan fingerprint density at radius 1 is 1.22 bits per heavy atom. The SMILES string of the molecule is Cc1ccc(OCCO[C@@H]2CCCCO2)c(C)c1. The molecule has 0 radical (unpaired) electrons. The van der Waals surface area contributed by atoms with Crippen molar-refractivity contribution in [2.75, 3.05) is 19.8 Å². The maximum atomic E-state index is 5.70. The highest BCUT2D eigenvalue weighted by molar-refractivity contribution is 5.35. The molecule has 1 atom stereocenters. The lowest BCUT2D eigenvalue weighted by molar-refractivity contribution is -0.165. The molecule has 0 spiro atoms. The van der Waals surface area contributed by atoms with E-state index in [1.165, 1.54) is 17.5 Å². The summed E-state index contributed by atoms with van der Waals surface area (Å²) in [4.78, 5) is 0. The standard InChI is InChI=1S/C15H22O3/c1-12-6-7-14(13(2)11-12)16-9-10-18-15-5-3-4-8-17-15/h6-7,11,15H,3-5,8-10H2,1-2H3/t15-/m1/s1. The smallest absolute Gasteiger partial charge is 0.157 e. The third kappa shape index (κ3) is 4.00. The predicted molar refractivity (Wildman–Crippen MR) is 71.0 cm³/mol. The molecule has 100 valence electrons. The Bertz CT molecular complexity index is 370. The first-order chi connectivity index (χ1) is 8.75. The summed E-state index contributed by atoms with van der Waals surface area (Å²) >= 11 is 0. The van der Waals surface area contributed by atoms with Gasteiger partial charge < -0.3 is 14.2 Å². The quantitative estimate of drug-likeness (QED) is 0.751. The van der Waals surface area contributed by atoms with Gasteiger partial charge in [-0.05, 0) is 44.7 Å². The molecule has 1 aromatic rings. The highest BCUT2D eigenvalue weighted by Gasteiger charge is 2.13. The average molecular weight is 250 g/mol. The summed E-state index contributed by atoms with van der Waals surface area (Å²) in [6.45, 7) is 6.12. The summed E-state index contributed by atoms with van der Waals surface area (Å²) in [5.41, 5.74) is 2.43. The van der Waals surface area contributed by atoms with Crippen LogP contribution in [0.15, 0.2) is 18.2 Å². The van der Waals surface area contributed by atoms with Crippen LogP contribution in [0, 0.1) is 13.8 Å². The van der Waals surface area contributed by atoms with Crippen molar-refractivity contribution in [3.05, 3.63) is 29.3 Å². The molecular formula is C15H22O3. The van der Waals surface area contributed by atoms with Crippen molar-refractivity contribution in [1.29, 1.82) is 0 Å². The average Bonchev–Trinajstić information content (AvgIpc) is 2.38. The second kappa shape index (κ2) is 6.76. The van der Waals surface area contributed by atoms with E-state index in [0.717, 1.165) is 25.2 Å². The molecule has 0 bridgehead atoms. The van der Waals surface area contributed by atoms with Gasteiger partial charge in [0.15, 0.2) is 6.29 Å². The minimum atomic E-state index is -0.0264. The number of hydrogen-bond donors (Lipinski definition) is 0. The first-order valence-electron chi connectivity index (χ1n) is 6.69. The maximum absolute atomic E-state index is 5.70. The van der Waals surface area contributed by atoms with E-state index < -0.39 is 0 Å². The number of hydrogen-bond acceptors (Lipinski definition) is 3. The van der Waals surface area contributed by atoms with Crippen LogP contribution in [-0.4, -0.2) is 26.1 Å². The molecule has 0 aliphatic carbocycles. The zero-order valence-electron chi connectivity index (χ0n) is 11.3. The molecule has 0 N–H and O–H groups in total. The molecule has 1 heterocycles. The second-order valence-electron chi connectivity index (χ2n) is 4.78. The number of ether oxygens (including phenoxy) is 3. The Hall–Kier alpha value is -1.06. The van der Waals surface area contributed by atoms with Gasteiger partial charge in [0, 0.05) is 6.61 Å². The minimum absolute atomic E-state index is 0.0264. The molecule has 0 unspecified atom stereocenters. The largest absolute Gasteiger partial charge is 0.491 e. The summed E-state index contributed by atoms with van der Waals surface area (Å²) in [6.07, 6.45) is 3.33. The van der Waals surface area contributed by atoms with Gasteiger partial charge in [0.25, 0.3) is 0 Å². The summed E-state index contributed by atoms with van der Waals surface area (Å²) in [5, 5.41) is 0. The van der Waals surface area contributed by atoms with E-state index in [2.05, 4.69) is 26.0 Å². The Balaban J connectivity index is 1.68. The molecule has 1 aliphatic rings. The third-order valence-electron chi connectivity index (χ3n) is 3.11.